The molecule has 4 nitrogen and oxygen atoms in total. The quantitative estimate of drug-likeness (QED) is 0.198. The van der Waals surface area contributed by atoms with Crippen molar-refractivity contribution in [1.82, 2.24) is 9.97 Å². The SMILES string of the molecule is CC1(C)OB(c2c3ccccc3nc3c2ccc2ccc(-c4ccccc4)nc23)OC1(C)C. The summed E-state index contributed by atoms with van der Waals surface area (Å²) in [5.41, 5.74) is 4.85. The van der Waals surface area contributed by atoms with Crippen LogP contribution in [0.4, 0.5) is 0 Å². The van der Waals surface area contributed by atoms with Crippen molar-refractivity contribution >= 4 is 45.3 Å². The van der Waals surface area contributed by atoms with Crippen LogP contribution in [0.25, 0.3) is 44.0 Å². The summed E-state index contributed by atoms with van der Waals surface area (Å²) in [4.78, 5) is 10.1. The van der Waals surface area contributed by atoms with E-state index < -0.39 is 18.3 Å². The zero-order chi connectivity index (χ0) is 22.8. The van der Waals surface area contributed by atoms with Gasteiger partial charge < -0.3 is 9.31 Å². The fourth-order valence-corrected chi connectivity index (χ4v) is 4.55. The second-order valence-electron chi connectivity index (χ2n) is 9.73. The summed E-state index contributed by atoms with van der Waals surface area (Å²) in [7, 11) is -0.486. The first-order chi connectivity index (χ1) is 15.8. The molecule has 2 aromatic heterocycles. The lowest BCUT2D eigenvalue weighted by atomic mass is 9.74. The molecule has 0 amide bonds. The number of benzene rings is 3. The summed E-state index contributed by atoms with van der Waals surface area (Å²) in [5.74, 6) is 0. The molecule has 162 valence electrons. The molecule has 0 bridgehead atoms. The third kappa shape index (κ3) is 3.15. The molecule has 0 atom stereocenters. The smallest absolute Gasteiger partial charge is 0.399 e. The number of hydrogen-bond acceptors (Lipinski definition) is 4. The van der Waals surface area contributed by atoms with Crippen LogP contribution in [0, 0.1) is 0 Å². The molecular formula is C28H25BN2O2. The van der Waals surface area contributed by atoms with E-state index in [4.69, 9.17) is 19.3 Å². The van der Waals surface area contributed by atoms with E-state index in [1.54, 1.807) is 0 Å². The molecule has 5 aromatic rings. The van der Waals surface area contributed by atoms with E-state index in [0.717, 1.165) is 49.4 Å². The van der Waals surface area contributed by atoms with E-state index in [1.807, 2.05) is 36.4 Å². The van der Waals surface area contributed by atoms with Crippen molar-refractivity contribution in [2.24, 2.45) is 0 Å². The van der Waals surface area contributed by atoms with Gasteiger partial charge >= 0.3 is 7.12 Å². The Kier molecular flexibility index (Phi) is 4.38. The van der Waals surface area contributed by atoms with Crippen LogP contribution in [0.1, 0.15) is 27.7 Å². The number of fused-ring (bicyclic) bond motifs is 4. The molecule has 0 spiro atoms. The maximum absolute atomic E-state index is 6.50. The van der Waals surface area contributed by atoms with Crippen molar-refractivity contribution in [2.75, 3.05) is 0 Å². The van der Waals surface area contributed by atoms with Crippen molar-refractivity contribution in [3.63, 3.8) is 0 Å². The molecule has 1 fully saturated rings. The molecule has 0 saturated carbocycles. The number of hydrogen-bond donors (Lipinski definition) is 0. The summed E-state index contributed by atoms with van der Waals surface area (Å²) in [5, 5.41) is 3.12. The standard InChI is InChI=1S/C28H25BN2O2/c1-27(2)28(3,4)33-29(32-27)24-20-12-8-9-13-23(20)31-26-21(24)16-14-19-15-17-22(30-25(19)26)18-10-6-5-7-11-18/h5-17H,1-4H3. The minimum atomic E-state index is -0.486. The van der Waals surface area contributed by atoms with Crippen LogP contribution < -0.4 is 5.46 Å². The third-order valence-electron chi connectivity index (χ3n) is 7.11. The molecule has 6 rings (SSSR count). The second-order valence-corrected chi connectivity index (χ2v) is 9.73. The van der Waals surface area contributed by atoms with E-state index in [-0.39, 0.29) is 0 Å². The monoisotopic (exact) mass is 432 g/mol. The van der Waals surface area contributed by atoms with Crippen LogP contribution in [0.2, 0.25) is 0 Å². The molecule has 1 aliphatic heterocycles. The van der Waals surface area contributed by atoms with Crippen LogP contribution in [0.5, 0.6) is 0 Å². The summed E-state index contributed by atoms with van der Waals surface area (Å²) >= 11 is 0. The van der Waals surface area contributed by atoms with Crippen LogP contribution in [-0.4, -0.2) is 28.3 Å². The van der Waals surface area contributed by atoms with E-state index in [0.29, 0.717) is 0 Å². The van der Waals surface area contributed by atoms with Gasteiger partial charge in [0.25, 0.3) is 0 Å². The largest absolute Gasteiger partial charge is 0.496 e. The lowest BCUT2D eigenvalue weighted by molar-refractivity contribution is 0.00578. The van der Waals surface area contributed by atoms with Gasteiger partial charge in [-0.15, -0.1) is 0 Å². The van der Waals surface area contributed by atoms with Gasteiger partial charge in [-0.05, 0) is 39.8 Å². The van der Waals surface area contributed by atoms with Gasteiger partial charge in [0, 0.05) is 27.2 Å². The Morgan fingerprint density at radius 3 is 2.06 bits per heavy atom. The fraction of sp³-hybridized carbons (Fsp3) is 0.214. The number of para-hydroxylation sites is 1. The molecular weight excluding hydrogens is 407 g/mol. The molecule has 33 heavy (non-hydrogen) atoms. The van der Waals surface area contributed by atoms with Gasteiger partial charge in [-0.2, -0.15) is 0 Å². The minimum absolute atomic E-state index is 0.427. The summed E-state index contributed by atoms with van der Waals surface area (Å²) in [6, 6.07) is 26.9. The average molecular weight is 432 g/mol. The fourth-order valence-electron chi connectivity index (χ4n) is 4.55. The predicted molar refractivity (Wildman–Crippen MR) is 136 cm³/mol. The Balaban J connectivity index is 1.66. The maximum atomic E-state index is 6.50. The lowest BCUT2D eigenvalue weighted by Crippen LogP contribution is -2.41. The first kappa shape index (κ1) is 20.3. The van der Waals surface area contributed by atoms with Crippen molar-refractivity contribution in [2.45, 2.75) is 38.9 Å². The number of rotatable bonds is 2. The normalized spacial score (nSPS) is 17.3. The van der Waals surface area contributed by atoms with Gasteiger partial charge in [0.1, 0.15) is 0 Å². The van der Waals surface area contributed by atoms with Crippen LogP contribution >= 0.6 is 0 Å². The van der Waals surface area contributed by atoms with Gasteiger partial charge in [-0.1, -0.05) is 66.7 Å². The van der Waals surface area contributed by atoms with Gasteiger partial charge in [-0.25, -0.2) is 9.97 Å². The van der Waals surface area contributed by atoms with Crippen molar-refractivity contribution < 1.29 is 9.31 Å². The zero-order valence-corrected chi connectivity index (χ0v) is 19.3. The van der Waals surface area contributed by atoms with Gasteiger partial charge in [0.05, 0.1) is 33.4 Å². The Hall–Kier alpha value is -3.28. The summed E-state index contributed by atoms with van der Waals surface area (Å²) in [6.45, 7) is 8.34. The molecule has 3 heterocycles. The number of pyridine rings is 2. The summed E-state index contributed by atoms with van der Waals surface area (Å²) in [6.07, 6.45) is 0. The van der Waals surface area contributed by atoms with Crippen molar-refractivity contribution in [3.8, 4) is 11.3 Å². The Morgan fingerprint density at radius 1 is 0.636 bits per heavy atom. The topological polar surface area (TPSA) is 44.2 Å². The zero-order valence-electron chi connectivity index (χ0n) is 19.3. The van der Waals surface area contributed by atoms with Gasteiger partial charge in [-0.3, -0.25) is 0 Å². The van der Waals surface area contributed by atoms with E-state index in [1.165, 1.54) is 0 Å². The highest BCUT2D eigenvalue weighted by molar-refractivity contribution is 6.68. The van der Waals surface area contributed by atoms with Crippen LogP contribution in [-0.2, 0) is 9.31 Å². The first-order valence-electron chi connectivity index (χ1n) is 11.4. The highest BCUT2D eigenvalue weighted by atomic mass is 16.7. The number of aromatic nitrogens is 2. The van der Waals surface area contributed by atoms with Crippen molar-refractivity contribution in [1.29, 1.82) is 0 Å². The van der Waals surface area contributed by atoms with Crippen LogP contribution in [0.3, 0.4) is 0 Å². The predicted octanol–water partition coefficient (Wildman–Crippen LogP) is 5.90. The third-order valence-corrected chi connectivity index (χ3v) is 7.11. The summed E-state index contributed by atoms with van der Waals surface area (Å²) < 4.78 is 13.0. The molecule has 0 radical (unpaired) electrons. The van der Waals surface area contributed by atoms with Crippen molar-refractivity contribution in [3.05, 3.63) is 78.9 Å². The molecule has 0 N–H and O–H groups in total. The molecule has 5 heteroatoms. The number of nitrogens with zero attached hydrogens (tertiary/aromatic N) is 2. The highest BCUT2D eigenvalue weighted by Gasteiger charge is 2.52. The van der Waals surface area contributed by atoms with Gasteiger partial charge in [0.15, 0.2) is 0 Å². The van der Waals surface area contributed by atoms with Crippen LogP contribution in [0.15, 0.2) is 78.9 Å². The Labute approximate surface area is 193 Å². The Bertz CT molecular complexity index is 1510. The highest BCUT2D eigenvalue weighted by Crippen LogP contribution is 2.38. The maximum Gasteiger partial charge on any atom is 0.496 e. The van der Waals surface area contributed by atoms with E-state index >= 15 is 0 Å². The molecule has 1 saturated heterocycles. The average Bonchev–Trinajstić information content (AvgIpc) is 3.04. The molecule has 1 aliphatic rings. The molecule has 3 aromatic carbocycles. The second kappa shape index (κ2) is 7.11. The molecule has 0 unspecified atom stereocenters. The van der Waals surface area contributed by atoms with E-state index in [2.05, 4.69) is 70.2 Å². The van der Waals surface area contributed by atoms with E-state index in [9.17, 15) is 0 Å². The lowest BCUT2D eigenvalue weighted by Gasteiger charge is -2.32. The first-order valence-corrected chi connectivity index (χ1v) is 11.4. The molecule has 0 aliphatic carbocycles. The van der Waals surface area contributed by atoms with Gasteiger partial charge in [0.2, 0.25) is 0 Å². The minimum Gasteiger partial charge on any atom is -0.399 e. The Morgan fingerprint density at radius 2 is 1.30 bits per heavy atom.